The first-order chi connectivity index (χ1) is 4.33. The fraction of sp³-hybridized carbons (Fsp3) is 0. The number of rotatable bonds is 1. The molecule has 1 aromatic rings. The van der Waals surface area contributed by atoms with Gasteiger partial charge in [0.15, 0.2) is 0 Å². The molecular formula is C5H5BrN2S. The van der Waals surface area contributed by atoms with Gasteiger partial charge in [-0.15, -0.1) is 11.3 Å². The zero-order valence-corrected chi connectivity index (χ0v) is 6.95. The second kappa shape index (κ2) is 2.98. The number of halogens is 1. The minimum atomic E-state index is 1.06. The van der Waals surface area contributed by atoms with Gasteiger partial charge in [-0.05, 0) is 28.1 Å². The highest BCUT2D eigenvalue weighted by molar-refractivity contribution is 9.11. The van der Waals surface area contributed by atoms with Crippen molar-refractivity contribution < 1.29 is 0 Å². The van der Waals surface area contributed by atoms with E-state index in [0.29, 0.717) is 0 Å². The Kier molecular flexibility index (Phi) is 2.24. The van der Waals surface area contributed by atoms with E-state index in [4.69, 9.17) is 5.84 Å². The van der Waals surface area contributed by atoms with Crippen molar-refractivity contribution in [2.24, 2.45) is 10.9 Å². The standard InChI is InChI=1S/C5H5BrN2S/c6-5-2-1-4(9-5)3-8-7/h1-3H,7H2/b8-3-. The van der Waals surface area contributed by atoms with Crippen LogP contribution in [0.1, 0.15) is 4.88 Å². The summed E-state index contributed by atoms with van der Waals surface area (Å²) in [5.74, 6) is 4.93. The highest BCUT2D eigenvalue weighted by Crippen LogP contribution is 2.20. The number of hydrogen-bond acceptors (Lipinski definition) is 3. The molecule has 9 heavy (non-hydrogen) atoms. The van der Waals surface area contributed by atoms with Crippen LogP contribution in [0.15, 0.2) is 21.0 Å². The van der Waals surface area contributed by atoms with E-state index in [1.807, 2.05) is 12.1 Å². The molecule has 0 atom stereocenters. The lowest BCUT2D eigenvalue weighted by molar-refractivity contribution is 1.27. The summed E-state index contributed by atoms with van der Waals surface area (Å²) in [4.78, 5) is 1.06. The topological polar surface area (TPSA) is 38.4 Å². The molecule has 2 nitrogen and oxygen atoms in total. The fourth-order valence-electron chi connectivity index (χ4n) is 0.471. The van der Waals surface area contributed by atoms with Crippen LogP contribution in [0.25, 0.3) is 0 Å². The largest absolute Gasteiger partial charge is 0.323 e. The quantitative estimate of drug-likeness (QED) is 0.423. The van der Waals surface area contributed by atoms with E-state index in [1.54, 1.807) is 17.6 Å². The molecule has 0 radical (unpaired) electrons. The maximum Gasteiger partial charge on any atom is 0.0705 e. The summed E-state index contributed by atoms with van der Waals surface area (Å²) in [6.07, 6.45) is 1.62. The molecule has 48 valence electrons. The first-order valence-corrected chi connectivity index (χ1v) is 3.92. The normalized spacial score (nSPS) is 10.8. The first kappa shape index (κ1) is 6.77. The Balaban J connectivity index is 2.85. The predicted molar refractivity (Wildman–Crippen MR) is 43.8 cm³/mol. The Morgan fingerprint density at radius 2 is 2.44 bits per heavy atom. The first-order valence-electron chi connectivity index (χ1n) is 2.31. The van der Waals surface area contributed by atoms with E-state index >= 15 is 0 Å². The average molecular weight is 205 g/mol. The summed E-state index contributed by atoms with van der Waals surface area (Å²) in [5, 5.41) is 3.38. The molecule has 1 rings (SSSR count). The van der Waals surface area contributed by atoms with Crippen molar-refractivity contribution in [3.05, 3.63) is 20.8 Å². The van der Waals surface area contributed by atoms with Crippen molar-refractivity contribution in [1.82, 2.24) is 0 Å². The number of hydrogen-bond donors (Lipinski definition) is 1. The Morgan fingerprint density at radius 3 is 2.89 bits per heavy atom. The summed E-state index contributed by atoms with van der Waals surface area (Å²) in [6.45, 7) is 0. The molecule has 0 amide bonds. The van der Waals surface area contributed by atoms with Crippen LogP contribution >= 0.6 is 27.3 Å². The van der Waals surface area contributed by atoms with Gasteiger partial charge in [-0.25, -0.2) is 0 Å². The summed E-state index contributed by atoms with van der Waals surface area (Å²) >= 11 is 4.92. The van der Waals surface area contributed by atoms with Crippen molar-refractivity contribution in [3.8, 4) is 0 Å². The van der Waals surface area contributed by atoms with E-state index in [0.717, 1.165) is 8.66 Å². The zero-order valence-electron chi connectivity index (χ0n) is 4.54. The van der Waals surface area contributed by atoms with Gasteiger partial charge in [-0.3, -0.25) is 0 Å². The second-order valence-electron chi connectivity index (χ2n) is 1.42. The molecule has 1 aromatic heterocycles. The van der Waals surface area contributed by atoms with Crippen molar-refractivity contribution >= 4 is 33.5 Å². The second-order valence-corrected chi connectivity index (χ2v) is 3.91. The van der Waals surface area contributed by atoms with E-state index in [1.165, 1.54) is 0 Å². The van der Waals surface area contributed by atoms with Crippen molar-refractivity contribution in [2.75, 3.05) is 0 Å². The maximum atomic E-state index is 4.93. The minimum absolute atomic E-state index is 1.06. The molecular weight excluding hydrogens is 200 g/mol. The molecule has 0 fully saturated rings. The molecule has 1 heterocycles. The highest BCUT2D eigenvalue weighted by atomic mass is 79.9. The molecule has 0 aliphatic rings. The maximum absolute atomic E-state index is 4.93. The lowest BCUT2D eigenvalue weighted by Gasteiger charge is -1.75. The van der Waals surface area contributed by atoms with E-state index in [-0.39, 0.29) is 0 Å². The summed E-state index contributed by atoms with van der Waals surface area (Å²) in [5.41, 5.74) is 0. The third kappa shape index (κ3) is 1.80. The Bertz CT molecular complexity index is 218. The average Bonchev–Trinajstić information content (AvgIpc) is 2.17. The summed E-state index contributed by atoms with van der Waals surface area (Å²) < 4.78 is 1.09. The fourth-order valence-corrected chi connectivity index (χ4v) is 1.77. The predicted octanol–water partition coefficient (Wildman–Crippen LogP) is 1.80. The zero-order chi connectivity index (χ0) is 6.69. The van der Waals surface area contributed by atoms with Crippen LogP contribution in [-0.2, 0) is 0 Å². The number of thiophene rings is 1. The van der Waals surface area contributed by atoms with Crippen LogP contribution in [0.3, 0.4) is 0 Å². The third-order valence-corrected chi connectivity index (χ3v) is 2.35. The summed E-state index contributed by atoms with van der Waals surface area (Å²) in [7, 11) is 0. The van der Waals surface area contributed by atoms with Crippen LogP contribution in [0.4, 0.5) is 0 Å². The minimum Gasteiger partial charge on any atom is -0.323 e. The molecule has 0 saturated heterocycles. The number of nitrogens with zero attached hydrogens (tertiary/aromatic N) is 1. The Labute approximate surface area is 65.5 Å². The van der Waals surface area contributed by atoms with Crippen LogP contribution in [-0.4, -0.2) is 6.21 Å². The van der Waals surface area contributed by atoms with Gasteiger partial charge in [0.25, 0.3) is 0 Å². The van der Waals surface area contributed by atoms with E-state index in [2.05, 4.69) is 21.0 Å². The van der Waals surface area contributed by atoms with E-state index < -0.39 is 0 Å². The molecule has 0 aliphatic carbocycles. The van der Waals surface area contributed by atoms with Gasteiger partial charge in [-0.1, -0.05) is 0 Å². The van der Waals surface area contributed by atoms with Gasteiger partial charge in [-0.2, -0.15) is 5.10 Å². The number of nitrogens with two attached hydrogens (primary N) is 1. The molecule has 0 unspecified atom stereocenters. The van der Waals surface area contributed by atoms with Crippen LogP contribution in [0.2, 0.25) is 0 Å². The van der Waals surface area contributed by atoms with Gasteiger partial charge in [0, 0.05) is 4.88 Å². The van der Waals surface area contributed by atoms with E-state index in [9.17, 15) is 0 Å². The van der Waals surface area contributed by atoms with Crippen LogP contribution < -0.4 is 5.84 Å². The Morgan fingerprint density at radius 1 is 1.67 bits per heavy atom. The van der Waals surface area contributed by atoms with Crippen molar-refractivity contribution in [2.45, 2.75) is 0 Å². The summed E-state index contributed by atoms with van der Waals surface area (Å²) in [6, 6.07) is 3.91. The van der Waals surface area contributed by atoms with Crippen LogP contribution in [0, 0.1) is 0 Å². The highest BCUT2D eigenvalue weighted by Gasteiger charge is 1.90. The van der Waals surface area contributed by atoms with Crippen molar-refractivity contribution in [3.63, 3.8) is 0 Å². The van der Waals surface area contributed by atoms with Gasteiger partial charge >= 0.3 is 0 Å². The lowest BCUT2D eigenvalue weighted by atomic mass is 10.5. The molecule has 2 N–H and O–H groups in total. The molecule has 4 heteroatoms. The van der Waals surface area contributed by atoms with Gasteiger partial charge < -0.3 is 5.84 Å². The number of hydrazone groups is 1. The smallest absolute Gasteiger partial charge is 0.0705 e. The van der Waals surface area contributed by atoms with Gasteiger partial charge in [0.1, 0.15) is 0 Å². The monoisotopic (exact) mass is 204 g/mol. The molecule has 0 spiro atoms. The third-order valence-electron chi connectivity index (χ3n) is 0.796. The lowest BCUT2D eigenvalue weighted by Crippen LogP contribution is -1.80. The van der Waals surface area contributed by atoms with Gasteiger partial charge in [0.2, 0.25) is 0 Å². The Hall–Kier alpha value is -0.350. The SMILES string of the molecule is N/N=C\c1ccc(Br)s1. The van der Waals surface area contributed by atoms with Gasteiger partial charge in [0.05, 0.1) is 10.0 Å². The molecule has 0 aliphatic heterocycles. The molecule has 0 saturated carbocycles. The molecule has 0 aromatic carbocycles. The molecule has 0 bridgehead atoms. The van der Waals surface area contributed by atoms with Crippen LogP contribution in [0.5, 0.6) is 0 Å². The van der Waals surface area contributed by atoms with Crippen molar-refractivity contribution in [1.29, 1.82) is 0 Å².